The van der Waals surface area contributed by atoms with Gasteiger partial charge in [0.25, 0.3) is 5.91 Å². The van der Waals surface area contributed by atoms with Gasteiger partial charge in [0.15, 0.2) is 0 Å². The molecule has 0 spiro atoms. The molecule has 1 fully saturated rings. The van der Waals surface area contributed by atoms with Crippen molar-refractivity contribution in [3.05, 3.63) is 35.4 Å². The lowest BCUT2D eigenvalue weighted by Gasteiger charge is -2.33. The quantitative estimate of drug-likeness (QED) is 0.762. The molecule has 1 saturated heterocycles. The van der Waals surface area contributed by atoms with E-state index >= 15 is 0 Å². The van der Waals surface area contributed by atoms with Crippen LogP contribution in [0.15, 0.2) is 24.3 Å². The molecule has 1 aliphatic rings. The van der Waals surface area contributed by atoms with E-state index in [1.54, 1.807) is 24.3 Å². The van der Waals surface area contributed by atoms with Crippen LogP contribution in [-0.4, -0.2) is 34.9 Å². The SMILES string of the molecule is CC1CSCCN1C(=O)c1ccc(C#N)cc1. The number of nitrogens with zero attached hydrogens (tertiary/aromatic N) is 2. The first-order chi connectivity index (χ1) is 8.22. The largest absolute Gasteiger partial charge is 0.334 e. The van der Waals surface area contributed by atoms with Crippen molar-refractivity contribution < 1.29 is 4.79 Å². The van der Waals surface area contributed by atoms with Crippen LogP contribution >= 0.6 is 11.8 Å². The fraction of sp³-hybridized carbons (Fsp3) is 0.385. The van der Waals surface area contributed by atoms with E-state index in [-0.39, 0.29) is 11.9 Å². The highest BCUT2D eigenvalue weighted by Crippen LogP contribution is 2.18. The van der Waals surface area contributed by atoms with Crippen LogP contribution in [-0.2, 0) is 0 Å². The zero-order valence-corrected chi connectivity index (χ0v) is 10.5. The number of hydrogen-bond acceptors (Lipinski definition) is 3. The third kappa shape index (κ3) is 2.62. The first kappa shape index (κ1) is 12.0. The summed E-state index contributed by atoms with van der Waals surface area (Å²) in [5, 5.41) is 8.71. The molecule has 1 heterocycles. The summed E-state index contributed by atoms with van der Waals surface area (Å²) < 4.78 is 0. The van der Waals surface area contributed by atoms with Crippen LogP contribution < -0.4 is 0 Å². The second kappa shape index (κ2) is 5.24. The van der Waals surface area contributed by atoms with Crippen LogP contribution in [0.2, 0.25) is 0 Å². The van der Waals surface area contributed by atoms with Gasteiger partial charge in [0.1, 0.15) is 0 Å². The van der Waals surface area contributed by atoms with Gasteiger partial charge in [0.2, 0.25) is 0 Å². The molecule has 88 valence electrons. The molecule has 0 radical (unpaired) electrons. The Morgan fingerprint density at radius 2 is 2.18 bits per heavy atom. The van der Waals surface area contributed by atoms with Gasteiger partial charge in [-0.25, -0.2) is 0 Å². The van der Waals surface area contributed by atoms with Crippen LogP contribution in [0, 0.1) is 11.3 Å². The Morgan fingerprint density at radius 1 is 1.47 bits per heavy atom. The highest BCUT2D eigenvalue weighted by molar-refractivity contribution is 7.99. The van der Waals surface area contributed by atoms with Crippen molar-refractivity contribution in [2.75, 3.05) is 18.1 Å². The zero-order chi connectivity index (χ0) is 12.3. The number of amides is 1. The third-order valence-electron chi connectivity index (χ3n) is 2.89. The molecular formula is C13H14N2OS. The van der Waals surface area contributed by atoms with Gasteiger partial charge in [-0.15, -0.1) is 0 Å². The first-order valence-electron chi connectivity index (χ1n) is 5.61. The number of carbonyl (C=O) groups is 1. The molecule has 0 aliphatic carbocycles. The van der Waals surface area contributed by atoms with Gasteiger partial charge in [-0.3, -0.25) is 4.79 Å². The Bertz CT molecular complexity index is 449. The topological polar surface area (TPSA) is 44.1 Å². The van der Waals surface area contributed by atoms with Crippen LogP contribution in [0.1, 0.15) is 22.8 Å². The van der Waals surface area contributed by atoms with E-state index in [4.69, 9.17) is 5.26 Å². The predicted molar refractivity (Wildman–Crippen MR) is 69.0 cm³/mol. The average Bonchev–Trinajstić information content (AvgIpc) is 2.39. The average molecular weight is 246 g/mol. The molecule has 1 aromatic rings. The third-order valence-corrected chi connectivity index (χ3v) is 4.08. The Morgan fingerprint density at radius 3 is 2.76 bits per heavy atom. The smallest absolute Gasteiger partial charge is 0.254 e. The maximum Gasteiger partial charge on any atom is 0.254 e. The number of rotatable bonds is 1. The van der Waals surface area contributed by atoms with Gasteiger partial charge >= 0.3 is 0 Å². The molecule has 0 saturated carbocycles. The molecule has 0 bridgehead atoms. The van der Waals surface area contributed by atoms with Gasteiger partial charge < -0.3 is 4.90 Å². The van der Waals surface area contributed by atoms with Gasteiger partial charge in [0.05, 0.1) is 11.6 Å². The normalized spacial score (nSPS) is 19.8. The van der Waals surface area contributed by atoms with Gasteiger partial charge in [0, 0.05) is 29.7 Å². The second-order valence-electron chi connectivity index (χ2n) is 4.11. The summed E-state index contributed by atoms with van der Waals surface area (Å²) in [6.45, 7) is 2.89. The fourth-order valence-electron chi connectivity index (χ4n) is 1.88. The van der Waals surface area contributed by atoms with Gasteiger partial charge in [-0.2, -0.15) is 17.0 Å². The molecular weight excluding hydrogens is 232 g/mol. The van der Waals surface area contributed by atoms with E-state index in [2.05, 4.69) is 13.0 Å². The van der Waals surface area contributed by atoms with E-state index in [1.807, 2.05) is 16.7 Å². The van der Waals surface area contributed by atoms with E-state index in [1.165, 1.54) is 0 Å². The van der Waals surface area contributed by atoms with Crippen molar-refractivity contribution in [1.29, 1.82) is 5.26 Å². The van der Waals surface area contributed by atoms with Crippen molar-refractivity contribution >= 4 is 17.7 Å². The summed E-state index contributed by atoms with van der Waals surface area (Å²) in [5.74, 6) is 2.08. The number of nitriles is 1. The maximum atomic E-state index is 12.2. The summed E-state index contributed by atoms with van der Waals surface area (Å²) in [5.41, 5.74) is 1.26. The van der Waals surface area contributed by atoms with Crippen molar-refractivity contribution in [2.45, 2.75) is 13.0 Å². The van der Waals surface area contributed by atoms with Crippen LogP contribution in [0.25, 0.3) is 0 Å². The zero-order valence-electron chi connectivity index (χ0n) is 9.72. The Labute approximate surface area is 105 Å². The molecule has 1 atom stereocenters. The molecule has 0 N–H and O–H groups in total. The monoisotopic (exact) mass is 246 g/mol. The maximum absolute atomic E-state index is 12.2. The summed E-state index contributed by atoms with van der Waals surface area (Å²) in [7, 11) is 0. The second-order valence-corrected chi connectivity index (χ2v) is 5.26. The molecule has 1 aromatic carbocycles. The van der Waals surface area contributed by atoms with E-state index in [9.17, 15) is 4.79 Å². The minimum Gasteiger partial charge on any atom is -0.334 e. The summed E-state index contributed by atoms with van der Waals surface area (Å²) in [6, 6.07) is 9.19. The van der Waals surface area contributed by atoms with Crippen molar-refractivity contribution in [3.63, 3.8) is 0 Å². The number of thioether (sulfide) groups is 1. The molecule has 1 aliphatic heterocycles. The standard InChI is InChI=1S/C13H14N2OS/c1-10-9-17-7-6-15(10)13(16)12-4-2-11(8-14)3-5-12/h2-5,10H,6-7,9H2,1H3. The number of benzene rings is 1. The van der Waals surface area contributed by atoms with Crippen LogP contribution in [0.5, 0.6) is 0 Å². The lowest BCUT2D eigenvalue weighted by Crippen LogP contribution is -2.44. The Kier molecular flexibility index (Phi) is 3.70. The van der Waals surface area contributed by atoms with E-state index in [0.29, 0.717) is 11.1 Å². The van der Waals surface area contributed by atoms with Gasteiger partial charge in [-0.05, 0) is 31.2 Å². The van der Waals surface area contributed by atoms with Crippen LogP contribution in [0.4, 0.5) is 0 Å². The van der Waals surface area contributed by atoms with Crippen molar-refractivity contribution in [1.82, 2.24) is 4.90 Å². The van der Waals surface area contributed by atoms with Crippen LogP contribution in [0.3, 0.4) is 0 Å². The fourth-order valence-corrected chi connectivity index (χ4v) is 2.90. The summed E-state index contributed by atoms with van der Waals surface area (Å²) in [6.07, 6.45) is 0. The highest BCUT2D eigenvalue weighted by Gasteiger charge is 2.24. The molecule has 1 unspecified atom stereocenters. The first-order valence-corrected chi connectivity index (χ1v) is 6.76. The summed E-state index contributed by atoms with van der Waals surface area (Å²) in [4.78, 5) is 14.2. The Balaban J connectivity index is 2.15. The molecule has 17 heavy (non-hydrogen) atoms. The molecule has 3 nitrogen and oxygen atoms in total. The minimum atomic E-state index is 0.0716. The lowest BCUT2D eigenvalue weighted by atomic mass is 10.1. The Hall–Kier alpha value is -1.47. The predicted octanol–water partition coefficient (Wildman–Crippen LogP) is 2.14. The highest BCUT2D eigenvalue weighted by atomic mass is 32.2. The molecule has 2 rings (SSSR count). The number of hydrogen-bond donors (Lipinski definition) is 0. The van der Waals surface area contributed by atoms with E-state index in [0.717, 1.165) is 18.1 Å². The molecule has 0 aromatic heterocycles. The van der Waals surface area contributed by atoms with E-state index < -0.39 is 0 Å². The van der Waals surface area contributed by atoms with Crippen molar-refractivity contribution in [2.24, 2.45) is 0 Å². The lowest BCUT2D eigenvalue weighted by molar-refractivity contribution is 0.0716. The molecule has 4 heteroatoms. The van der Waals surface area contributed by atoms with Gasteiger partial charge in [-0.1, -0.05) is 0 Å². The summed E-state index contributed by atoms with van der Waals surface area (Å²) >= 11 is 1.89. The molecule has 1 amide bonds. The minimum absolute atomic E-state index is 0.0716. The van der Waals surface area contributed by atoms with Crippen molar-refractivity contribution in [3.8, 4) is 6.07 Å². The number of carbonyl (C=O) groups excluding carboxylic acids is 1.